The van der Waals surface area contributed by atoms with E-state index in [-0.39, 0.29) is 0 Å². The lowest BCUT2D eigenvalue weighted by Crippen LogP contribution is -2.26. The zero-order valence-electron chi connectivity index (χ0n) is 10.3. The summed E-state index contributed by atoms with van der Waals surface area (Å²) in [5.74, 6) is -0.455. The summed E-state index contributed by atoms with van der Waals surface area (Å²) in [6.45, 7) is 3.89. The fourth-order valence-electron chi connectivity index (χ4n) is 1.54. The smallest absolute Gasteiger partial charge is 0.250 e. The minimum atomic E-state index is -0.455. The van der Waals surface area contributed by atoms with E-state index in [4.69, 9.17) is 16.2 Å². The second-order valence-electron chi connectivity index (χ2n) is 3.76. The lowest BCUT2D eigenvalue weighted by Gasteiger charge is -2.21. The summed E-state index contributed by atoms with van der Waals surface area (Å²) in [5.41, 5.74) is 12.8. The summed E-state index contributed by atoms with van der Waals surface area (Å²) >= 11 is 0. The van der Waals surface area contributed by atoms with E-state index in [0.29, 0.717) is 31.0 Å². The molecule has 0 radical (unpaired) electrons. The first-order valence-electron chi connectivity index (χ1n) is 5.54. The van der Waals surface area contributed by atoms with Gasteiger partial charge >= 0.3 is 0 Å². The Bertz CT molecular complexity index is 393. The van der Waals surface area contributed by atoms with Gasteiger partial charge < -0.3 is 21.1 Å². The maximum Gasteiger partial charge on any atom is 0.250 e. The van der Waals surface area contributed by atoms with Crippen LogP contribution in [0.4, 0.5) is 11.4 Å². The molecule has 0 atom stereocenters. The largest absolute Gasteiger partial charge is 0.399 e. The number of hydrogen-bond donors (Lipinski definition) is 2. The summed E-state index contributed by atoms with van der Waals surface area (Å²) in [4.78, 5) is 13.2. The van der Waals surface area contributed by atoms with Crippen LogP contribution in [0.25, 0.3) is 0 Å². The molecule has 1 aromatic carbocycles. The molecule has 17 heavy (non-hydrogen) atoms. The molecule has 0 aliphatic carbocycles. The topological polar surface area (TPSA) is 81.6 Å². The van der Waals surface area contributed by atoms with Gasteiger partial charge in [-0.25, -0.2) is 0 Å². The van der Waals surface area contributed by atoms with Crippen molar-refractivity contribution in [3.8, 4) is 0 Å². The maximum absolute atomic E-state index is 11.3. The van der Waals surface area contributed by atoms with E-state index in [2.05, 4.69) is 0 Å². The van der Waals surface area contributed by atoms with Crippen LogP contribution >= 0.6 is 0 Å². The number of nitrogens with zero attached hydrogens (tertiary/aromatic N) is 1. The van der Waals surface area contributed by atoms with Gasteiger partial charge in [0.1, 0.15) is 0 Å². The number of hydrogen-bond acceptors (Lipinski definition) is 4. The molecule has 1 rings (SSSR count). The van der Waals surface area contributed by atoms with E-state index in [1.807, 2.05) is 18.9 Å². The Labute approximate surface area is 101 Å². The minimum Gasteiger partial charge on any atom is -0.399 e. The van der Waals surface area contributed by atoms with E-state index in [1.165, 1.54) is 0 Å². The average Bonchev–Trinajstić information content (AvgIpc) is 2.28. The molecule has 0 saturated carbocycles. The molecule has 1 amide bonds. The van der Waals surface area contributed by atoms with Crippen LogP contribution in [0, 0.1) is 0 Å². The Morgan fingerprint density at radius 2 is 2.18 bits per heavy atom. The molecule has 0 unspecified atom stereocenters. The van der Waals surface area contributed by atoms with E-state index >= 15 is 0 Å². The second-order valence-corrected chi connectivity index (χ2v) is 3.76. The molecular weight excluding hydrogens is 218 g/mol. The van der Waals surface area contributed by atoms with Crippen LogP contribution in [-0.2, 0) is 4.74 Å². The molecule has 0 fully saturated rings. The van der Waals surface area contributed by atoms with Crippen LogP contribution in [-0.4, -0.2) is 32.7 Å². The van der Waals surface area contributed by atoms with Gasteiger partial charge in [0.15, 0.2) is 0 Å². The van der Waals surface area contributed by atoms with E-state index < -0.39 is 5.91 Å². The van der Waals surface area contributed by atoms with Crippen LogP contribution in [0.2, 0.25) is 0 Å². The molecule has 1 aromatic rings. The van der Waals surface area contributed by atoms with Crippen molar-refractivity contribution in [3.05, 3.63) is 23.8 Å². The van der Waals surface area contributed by atoms with Gasteiger partial charge in [-0.15, -0.1) is 0 Å². The van der Waals surface area contributed by atoms with Gasteiger partial charge in [0, 0.05) is 25.9 Å². The SMILES string of the molecule is CCOCCN(C)c1cc(N)ccc1C(N)=O. The summed E-state index contributed by atoms with van der Waals surface area (Å²) in [5, 5.41) is 0. The zero-order chi connectivity index (χ0) is 12.8. The first-order chi connectivity index (χ1) is 8.06. The average molecular weight is 237 g/mol. The van der Waals surface area contributed by atoms with Gasteiger partial charge in [0.05, 0.1) is 17.9 Å². The summed E-state index contributed by atoms with van der Waals surface area (Å²) < 4.78 is 5.27. The van der Waals surface area contributed by atoms with E-state index in [9.17, 15) is 4.79 Å². The van der Waals surface area contributed by atoms with E-state index in [1.54, 1.807) is 18.2 Å². The molecule has 0 aliphatic heterocycles. The monoisotopic (exact) mass is 237 g/mol. The first kappa shape index (κ1) is 13.3. The van der Waals surface area contributed by atoms with Gasteiger partial charge in [-0.05, 0) is 25.1 Å². The fourth-order valence-corrected chi connectivity index (χ4v) is 1.54. The number of primary amides is 1. The predicted molar refractivity (Wildman–Crippen MR) is 69.1 cm³/mol. The Kier molecular flexibility index (Phi) is 4.78. The Balaban J connectivity index is 2.86. The van der Waals surface area contributed by atoms with Crippen molar-refractivity contribution in [2.45, 2.75) is 6.92 Å². The highest BCUT2D eigenvalue weighted by atomic mass is 16.5. The van der Waals surface area contributed by atoms with Crippen LogP contribution in [0.1, 0.15) is 17.3 Å². The highest BCUT2D eigenvalue weighted by Crippen LogP contribution is 2.22. The molecule has 0 spiro atoms. The number of amides is 1. The van der Waals surface area contributed by atoms with Crippen molar-refractivity contribution in [1.82, 2.24) is 0 Å². The molecule has 5 heteroatoms. The standard InChI is InChI=1S/C12H19N3O2/c1-3-17-7-6-15(2)11-8-9(13)4-5-10(11)12(14)16/h4-5,8H,3,6-7,13H2,1-2H3,(H2,14,16). The van der Waals surface area contributed by atoms with Crippen molar-refractivity contribution < 1.29 is 9.53 Å². The third-order valence-electron chi connectivity index (χ3n) is 2.47. The van der Waals surface area contributed by atoms with Crippen molar-refractivity contribution in [1.29, 1.82) is 0 Å². The van der Waals surface area contributed by atoms with Crippen molar-refractivity contribution >= 4 is 17.3 Å². The number of nitrogens with two attached hydrogens (primary N) is 2. The predicted octanol–water partition coefficient (Wildman–Crippen LogP) is 0.840. The van der Waals surface area contributed by atoms with Gasteiger partial charge in [0.2, 0.25) is 0 Å². The van der Waals surface area contributed by atoms with E-state index in [0.717, 1.165) is 5.69 Å². The molecule has 0 aliphatic rings. The summed E-state index contributed by atoms with van der Waals surface area (Å²) in [6, 6.07) is 5.05. The highest BCUT2D eigenvalue weighted by Gasteiger charge is 2.12. The van der Waals surface area contributed by atoms with Crippen molar-refractivity contribution in [2.75, 3.05) is 37.4 Å². The highest BCUT2D eigenvalue weighted by molar-refractivity contribution is 5.99. The number of nitrogen functional groups attached to an aromatic ring is 1. The number of benzene rings is 1. The molecular formula is C12H19N3O2. The quantitative estimate of drug-likeness (QED) is 0.567. The minimum absolute atomic E-state index is 0.455. The van der Waals surface area contributed by atoms with Gasteiger partial charge in [0.25, 0.3) is 5.91 Å². The number of carbonyl (C=O) groups excluding carboxylic acids is 1. The van der Waals surface area contributed by atoms with Crippen LogP contribution in [0.3, 0.4) is 0 Å². The van der Waals surface area contributed by atoms with Crippen LogP contribution in [0.5, 0.6) is 0 Å². The number of carbonyl (C=O) groups is 1. The van der Waals surface area contributed by atoms with Gasteiger partial charge in [-0.3, -0.25) is 4.79 Å². The fraction of sp³-hybridized carbons (Fsp3) is 0.417. The van der Waals surface area contributed by atoms with Gasteiger partial charge in [-0.2, -0.15) is 0 Å². The molecule has 0 heterocycles. The summed E-state index contributed by atoms with van der Waals surface area (Å²) in [7, 11) is 1.88. The lowest BCUT2D eigenvalue weighted by molar-refractivity contribution is 0.100. The van der Waals surface area contributed by atoms with Gasteiger partial charge in [-0.1, -0.05) is 0 Å². The third kappa shape index (κ3) is 3.64. The molecule has 0 bridgehead atoms. The number of likely N-dealkylation sites (N-methyl/N-ethyl adjacent to an activating group) is 1. The normalized spacial score (nSPS) is 10.2. The number of ether oxygens (including phenoxy) is 1. The van der Waals surface area contributed by atoms with Crippen molar-refractivity contribution in [3.63, 3.8) is 0 Å². The maximum atomic E-state index is 11.3. The molecule has 0 saturated heterocycles. The van der Waals surface area contributed by atoms with Crippen LogP contribution < -0.4 is 16.4 Å². The lowest BCUT2D eigenvalue weighted by atomic mass is 10.1. The zero-order valence-corrected chi connectivity index (χ0v) is 10.3. The second kappa shape index (κ2) is 6.10. The molecule has 94 valence electrons. The molecule has 4 N–H and O–H groups in total. The number of anilines is 2. The Morgan fingerprint density at radius 3 is 2.76 bits per heavy atom. The number of rotatable bonds is 6. The Morgan fingerprint density at radius 1 is 1.47 bits per heavy atom. The first-order valence-corrected chi connectivity index (χ1v) is 5.54. The third-order valence-corrected chi connectivity index (χ3v) is 2.47. The summed E-state index contributed by atoms with van der Waals surface area (Å²) in [6.07, 6.45) is 0. The molecule has 0 aromatic heterocycles. The van der Waals surface area contributed by atoms with Crippen molar-refractivity contribution in [2.24, 2.45) is 5.73 Å². The Hall–Kier alpha value is -1.75. The molecule has 5 nitrogen and oxygen atoms in total. The van der Waals surface area contributed by atoms with Crippen LogP contribution in [0.15, 0.2) is 18.2 Å².